The lowest BCUT2D eigenvalue weighted by molar-refractivity contribution is 0.0674. The van der Waals surface area contributed by atoms with Gasteiger partial charge in [-0.3, -0.25) is 14.5 Å². The zero-order valence-corrected chi connectivity index (χ0v) is 9.11. The number of nitrogens with zero attached hydrogens (tertiary/aromatic N) is 2. The summed E-state index contributed by atoms with van der Waals surface area (Å²) in [4.78, 5) is 24.4. The molecule has 0 radical (unpaired) electrons. The number of benzene rings is 1. The Morgan fingerprint density at radius 1 is 1.33 bits per heavy atom. The normalized spacial score (nSPS) is 14.0. The molecular weight excluding hydrogens is 260 g/mol. The summed E-state index contributed by atoms with van der Waals surface area (Å²) in [6.45, 7) is -0.210. The lowest BCUT2D eigenvalue weighted by atomic mass is 10.1. The monoisotopic (exact) mass is 264 g/mol. The molecular formula is C10H5BrN2O2. The second kappa shape index (κ2) is 3.48. The van der Waals surface area contributed by atoms with Crippen LogP contribution in [0.4, 0.5) is 0 Å². The van der Waals surface area contributed by atoms with Gasteiger partial charge in [0.05, 0.1) is 17.2 Å². The number of hydrogen-bond donors (Lipinski definition) is 0. The average Bonchev–Trinajstić information content (AvgIpc) is 2.45. The van der Waals surface area contributed by atoms with Gasteiger partial charge in [-0.05, 0) is 28.1 Å². The van der Waals surface area contributed by atoms with E-state index in [9.17, 15) is 9.59 Å². The highest BCUT2D eigenvalue weighted by Crippen LogP contribution is 2.28. The molecule has 0 bridgehead atoms. The molecule has 15 heavy (non-hydrogen) atoms. The fourth-order valence-electron chi connectivity index (χ4n) is 1.51. The lowest BCUT2D eigenvalue weighted by Gasteiger charge is -2.07. The van der Waals surface area contributed by atoms with Gasteiger partial charge in [0.15, 0.2) is 0 Å². The van der Waals surface area contributed by atoms with E-state index in [-0.39, 0.29) is 6.54 Å². The molecule has 0 N–H and O–H groups in total. The molecule has 5 heteroatoms. The van der Waals surface area contributed by atoms with Crippen molar-refractivity contribution in [2.45, 2.75) is 0 Å². The third-order valence-corrected chi connectivity index (χ3v) is 2.84. The van der Waals surface area contributed by atoms with E-state index in [1.807, 2.05) is 0 Å². The number of imide groups is 1. The van der Waals surface area contributed by atoms with E-state index in [1.165, 1.54) is 0 Å². The lowest BCUT2D eigenvalue weighted by Crippen LogP contribution is -2.29. The Kier molecular flexibility index (Phi) is 2.29. The molecule has 0 aromatic heterocycles. The van der Waals surface area contributed by atoms with E-state index in [4.69, 9.17) is 5.26 Å². The molecule has 1 aromatic rings. The van der Waals surface area contributed by atoms with Gasteiger partial charge in [0.1, 0.15) is 6.54 Å². The minimum atomic E-state index is -0.413. The Labute approximate surface area is 94.2 Å². The Hall–Kier alpha value is -1.67. The fraction of sp³-hybridized carbons (Fsp3) is 0.100. The molecule has 0 spiro atoms. The first kappa shape index (κ1) is 9.87. The Bertz CT molecular complexity index is 505. The minimum Gasteiger partial charge on any atom is -0.269 e. The molecule has 0 saturated heterocycles. The van der Waals surface area contributed by atoms with Gasteiger partial charge in [-0.2, -0.15) is 5.26 Å². The first-order valence-corrected chi connectivity index (χ1v) is 4.97. The highest BCUT2D eigenvalue weighted by atomic mass is 79.9. The Balaban J connectivity index is 2.57. The van der Waals surface area contributed by atoms with Crippen molar-refractivity contribution < 1.29 is 9.59 Å². The average molecular weight is 265 g/mol. The van der Waals surface area contributed by atoms with Gasteiger partial charge in [-0.15, -0.1) is 0 Å². The fourth-order valence-corrected chi connectivity index (χ4v) is 2.04. The van der Waals surface area contributed by atoms with Crippen LogP contribution in [0.5, 0.6) is 0 Å². The van der Waals surface area contributed by atoms with Crippen LogP contribution < -0.4 is 0 Å². The van der Waals surface area contributed by atoms with Crippen LogP contribution in [0.15, 0.2) is 22.7 Å². The molecule has 4 nitrogen and oxygen atoms in total. The number of carbonyl (C=O) groups excluding carboxylic acids is 2. The van der Waals surface area contributed by atoms with Gasteiger partial charge in [-0.1, -0.05) is 6.07 Å². The van der Waals surface area contributed by atoms with Gasteiger partial charge < -0.3 is 0 Å². The van der Waals surface area contributed by atoms with Crippen LogP contribution in [0.2, 0.25) is 0 Å². The first-order chi connectivity index (χ1) is 7.16. The van der Waals surface area contributed by atoms with Crippen LogP contribution >= 0.6 is 15.9 Å². The number of fused-ring (bicyclic) bond motifs is 1. The molecule has 1 aromatic carbocycles. The van der Waals surface area contributed by atoms with Crippen molar-refractivity contribution in [3.05, 3.63) is 33.8 Å². The standard InChI is InChI=1S/C10H5BrN2O2/c11-7-3-1-2-6-8(7)10(15)13(5-4-12)9(6)14/h1-3H,5H2. The van der Waals surface area contributed by atoms with Gasteiger partial charge in [-0.25, -0.2) is 0 Å². The van der Waals surface area contributed by atoms with Crippen molar-refractivity contribution in [3.63, 3.8) is 0 Å². The minimum absolute atomic E-state index is 0.210. The second-order valence-electron chi connectivity index (χ2n) is 3.02. The molecule has 74 valence electrons. The summed E-state index contributed by atoms with van der Waals surface area (Å²) in [5, 5.41) is 8.50. The summed E-state index contributed by atoms with van der Waals surface area (Å²) in [5.41, 5.74) is 0.697. The number of rotatable bonds is 1. The SMILES string of the molecule is N#CCN1C(=O)c2cccc(Br)c2C1=O. The summed E-state index contributed by atoms with van der Waals surface area (Å²) < 4.78 is 0.582. The van der Waals surface area contributed by atoms with Gasteiger partial charge in [0.25, 0.3) is 11.8 Å². The van der Waals surface area contributed by atoms with E-state index >= 15 is 0 Å². The van der Waals surface area contributed by atoms with Crippen LogP contribution in [0.3, 0.4) is 0 Å². The van der Waals surface area contributed by atoms with Crippen molar-refractivity contribution in [2.24, 2.45) is 0 Å². The number of carbonyl (C=O) groups is 2. The third kappa shape index (κ3) is 1.34. The van der Waals surface area contributed by atoms with Crippen LogP contribution in [0, 0.1) is 11.3 Å². The van der Waals surface area contributed by atoms with E-state index in [1.54, 1.807) is 24.3 Å². The van der Waals surface area contributed by atoms with Crippen molar-refractivity contribution in [2.75, 3.05) is 6.54 Å². The largest absolute Gasteiger partial charge is 0.269 e. The molecule has 0 unspecified atom stereocenters. The molecule has 1 aliphatic rings. The van der Waals surface area contributed by atoms with E-state index in [0.717, 1.165) is 4.90 Å². The molecule has 2 rings (SSSR count). The van der Waals surface area contributed by atoms with Crippen LogP contribution in [-0.2, 0) is 0 Å². The molecule has 0 aliphatic carbocycles. The quantitative estimate of drug-likeness (QED) is 0.572. The van der Waals surface area contributed by atoms with Crippen LogP contribution in [-0.4, -0.2) is 23.3 Å². The number of amides is 2. The number of halogens is 1. The Morgan fingerprint density at radius 3 is 2.67 bits per heavy atom. The van der Waals surface area contributed by atoms with Gasteiger partial charge in [0.2, 0.25) is 0 Å². The Morgan fingerprint density at radius 2 is 2.07 bits per heavy atom. The maximum atomic E-state index is 11.7. The topological polar surface area (TPSA) is 61.2 Å². The molecule has 0 atom stereocenters. The van der Waals surface area contributed by atoms with Crippen molar-refractivity contribution in [3.8, 4) is 6.07 Å². The first-order valence-electron chi connectivity index (χ1n) is 4.18. The number of hydrogen-bond acceptors (Lipinski definition) is 3. The molecule has 2 amide bonds. The predicted octanol–water partition coefficient (Wildman–Crippen LogP) is 1.57. The summed E-state index contributed by atoms with van der Waals surface area (Å²) in [6, 6.07) is 6.75. The maximum Gasteiger partial charge on any atom is 0.263 e. The molecule has 0 saturated carbocycles. The smallest absolute Gasteiger partial charge is 0.263 e. The zero-order chi connectivity index (χ0) is 11.0. The van der Waals surface area contributed by atoms with Gasteiger partial charge in [0, 0.05) is 4.47 Å². The third-order valence-electron chi connectivity index (χ3n) is 2.18. The summed E-state index contributed by atoms with van der Waals surface area (Å²) in [6.07, 6.45) is 0. The zero-order valence-electron chi connectivity index (χ0n) is 7.53. The molecule has 0 fully saturated rings. The van der Waals surface area contributed by atoms with E-state index in [0.29, 0.717) is 15.6 Å². The van der Waals surface area contributed by atoms with Crippen molar-refractivity contribution in [1.29, 1.82) is 5.26 Å². The van der Waals surface area contributed by atoms with Crippen LogP contribution in [0.25, 0.3) is 0 Å². The summed E-state index contributed by atoms with van der Waals surface area (Å²) in [7, 11) is 0. The summed E-state index contributed by atoms with van der Waals surface area (Å²) >= 11 is 3.21. The van der Waals surface area contributed by atoms with Crippen molar-refractivity contribution in [1.82, 2.24) is 4.90 Å². The highest BCUT2D eigenvalue weighted by molar-refractivity contribution is 9.10. The maximum absolute atomic E-state index is 11.7. The number of nitriles is 1. The van der Waals surface area contributed by atoms with Crippen molar-refractivity contribution >= 4 is 27.7 Å². The molecule has 1 heterocycles. The highest BCUT2D eigenvalue weighted by Gasteiger charge is 2.36. The summed E-state index contributed by atoms with van der Waals surface area (Å²) in [5.74, 6) is -0.818. The van der Waals surface area contributed by atoms with E-state index < -0.39 is 11.8 Å². The van der Waals surface area contributed by atoms with Crippen LogP contribution in [0.1, 0.15) is 20.7 Å². The van der Waals surface area contributed by atoms with Gasteiger partial charge >= 0.3 is 0 Å². The van der Waals surface area contributed by atoms with E-state index in [2.05, 4.69) is 15.9 Å². The second-order valence-corrected chi connectivity index (χ2v) is 3.87. The molecule has 1 aliphatic heterocycles. The predicted molar refractivity (Wildman–Crippen MR) is 55.1 cm³/mol.